The molecule has 1 aliphatic carbocycles. The number of benzene rings is 2. The summed E-state index contributed by atoms with van der Waals surface area (Å²) in [5.74, 6) is 0.385. The van der Waals surface area contributed by atoms with E-state index >= 15 is 0 Å². The van der Waals surface area contributed by atoms with Gasteiger partial charge in [0.15, 0.2) is 5.76 Å². The monoisotopic (exact) mass is 376 g/mol. The third-order valence-corrected chi connectivity index (χ3v) is 4.78. The van der Waals surface area contributed by atoms with Gasteiger partial charge in [-0.15, -0.1) is 0 Å². The smallest absolute Gasteiger partial charge is 0.291 e. The van der Waals surface area contributed by atoms with Crippen molar-refractivity contribution in [2.24, 2.45) is 5.73 Å². The van der Waals surface area contributed by atoms with Gasteiger partial charge >= 0.3 is 0 Å². The normalized spacial score (nSPS) is 12.4. The van der Waals surface area contributed by atoms with Gasteiger partial charge in [0.2, 0.25) is 0 Å². The molecule has 0 aliphatic heterocycles. The number of hydrogen-bond acceptors (Lipinski definition) is 4. The molecule has 0 atom stereocenters. The molecule has 0 saturated heterocycles. The number of carbonyl (C=O) groups excluding carboxylic acids is 2. The second-order valence-corrected chi connectivity index (χ2v) is 6.70. The third-order valence-electron chi connectivity index (χ3n) is 4.78. The first kappa shape index (κ1) is 17.9. The average Bonchev–Trinajstić information content (AvgIpc) is 3.35. The van der Waals surface area contributed by atoms with Crippen LogP contribution in [0.5, 0.6) is 5.75 Å². The van der Waals surface area contributed by atoms with Gasteiger partial charge in [-0.1, -0.05) is 18.2 Å². The summed E-state index contributed by atoms with van der Waals surface area (Å²) in [6, 6.07) is 16.0. The van der Waals surface area contributed by atoms with Crippen LogP contribution in [0.3, 0.4) is 0 Å². The van der Waals surface area contributed by atoms with Crippen molar-refractivity contribution in [1.29, 1.82) is 0 Å². The van der Waals surface area contributed by atoms with Gasteiger partial charge in [-0.05, 0) is 66.8 Å². The first-order valence-corrected chi connectivity index (χ1v) is 9.13. The Morgan fingerprint density at radius 2 is 1.86 bits per heavy atom. The molecule has 2 aromatic carbocycles. The van der Waals surface area contributed by atoms with Crippen LogP contribution < -0.4 is 15.8 Å². The molecule has 4 rings (SSSR count). The molecule has 1 aliphatic rings. The second-order valence-electron chi connectivity index (χ2n) is 6.70. The lowest BCUT2D eigenvalue weighted by atomic mass is 10.1. The third kappa shape index (κ3) is 3.76. The molecule has 2 amide bonds. The fourth-order valence-electron chi connectivity index (χ4n) is 3.36. The standard InChI is InChI=1S/C22H20N2O4/c23-21(25)18-6-1-2-7-19(18)24-22(26)20-11-10-17(28-20)13-27-16-9-8-14-4-3-5-15(14)12-16/h1-2,6-12H,3-5,13H2,(H2,23,25)(H,24,26). The van der Waals surface area contributed by atoms with Crippen LogP contribution in [0.4, 0.5) is 5.69 Å². The molecule has 3 aromatic rings. The van der Waals surface area contributed by atoms with E-state index in [4.69, 9.17) is 14.9 Å². The Hall–Kier alpha value is -3.54. The van der Waals surface area contributed by atoms with Crippen molar-refractivity contribution in [1.82, 2.24) is 0 Å². The van der Waals surface area contributed by atoms with Crippen molar-refractivity contribution in [3.05, 3.63) is 82.8 Å². The van der Waals surface area contributed by atoms with Crippen molar-refractivity contribution in [3.8, 4) is 5.75 Å². The molecular weight excluding hydrogens is 356 g/mol. The first-order chi connectivity index (χ1) is 13.6. The molecule has 0 radical (unpaired) electrons. The number of hydrogen-bond donors (Lipinski definition) is 2. The minimum Gasteiger partial charge on any atom is -0.486 e. The van der Waals surface area contributed by atoms with E-state index in [1.807, 2.05) is 6.07 Å². The molecule has 6 nitrogen and oxygen atoms in total. The van der Waals surface area contributed by atoms with E-state index in [2.05, 4.69) is 17.4 Å². The van der Waals surface area contributed by atoms with Crippen LogP contribution in [0.2, 0.25) is 0 Å². The Kier molecular flexibility index (Phi) is 4.85. The van der Waals surface area contributed by atoms with E-state index in [9.17, 15) is 9.59 Å². The van der Waals surface area contributed by atoms with Crippen molar-refractivity contribution in [2.45, 2.75) is 25.9 Å². The molecular formula is C22H20N2O4. The highest BCUT2D eigenvalue weighted by Crippen LogP contribution is 2.26. The number of para-hydroxylation sites is 1. The van der Waals surface area contributed by atoms with Crippen LogP contribution in [-0.2, 0) is 19.4 Å². The van der Waals surface area contributed by atoms with Crippen molar-refractivity contribution in [2.75, 3.05) is 5.32 Å². The van der Waals surface area contributed by atoms with E-state index in [0.717, 1.165) is 18.6 Å². The zero-order valence-corrected chi connectivity index (χ0v) is 15.2. The lowest BCUT2D eigenvalue weighted by Gasteiger charge is -2.08. The summed E-state index contributed by atoms with van der Waals surface area (Å²) in [6.07, 6.45) is 3.41. The van der Waals surface area contributed by atoms with Crippen molar-refractivity contribution < 1.29 is 18.7 Å². The fraction of sp³-hybridized carbons (Fsp3) is 0.182. The Bertz CT molecular complexity index is 1040. The number of furan rings is 1. The van der Waals surface area contributed by atoms with Gasteiger partial charge in [0.05, 0.1) is 11.3 Å². The average molecular weight is 376 g/mol. The Labute approximate surface area is 162 Å². The number of anilines is 1. The first-order valence-electron chi connectivity index (χ1n) is 9.13. The maximum atomic E-state index is 12.4. The predicted octanol–water partition coefficient (Wildman–Crippen LogP) is 3.70. The number of aryl methyl sites for hydroxylation is 2. The summed E-state index contributed by atoms with van der Waals surface area (Å²) in [6.45, 7) is 0.226. The molecule has 0 saturated carbocycles. The molecule has 28 heavy (non-hydrogen) atoms. The van der Waals surface area contributed by atoms with Gasteiger partial charge in [0.1, 0.15) is 18.1 Å². The number of rotatable bonds is 6. The maximum Gasteiger partial charge on any atom is 0.291 e. The summed E-state index contributed by atoms with van der Waals surface area (Å²) in [4.78, 5) is 23.9. The molecule has 6 heteroatoms. The Morgan fingerprint density at radius 3 is 2.71 bits per heavy atom. The quantitative estimate of drug-likeness (QED) is 0.686. The van der Waals surface area contributed by atoms with Gasteiger partial charge < -0.3 is 20.2 Å². The predicted molar refractivity (Wildman–Crippen MR) is 104 cm³/mol. The molecule has 142 valence electrons. The number of fused-ring (bicyclic) bond motifs is 1. The van der Waals surface area contributed by atoms with Gasteiger partial charge in [-0.3, -0.25) is 9.59 Å². The van der Waals surface area contributed by atoms with E-state index in [-0.39, 0.29) is 17.9 Å². The molecule has 0 fully saturated rings. The van der Waals surface area contributed by atoms with Gasteiger partial charge in [0.25, 0.3) is 11.8 Å². The zero-order chi connectivity index (χ0) is 19.5. The summed E-state index contributed by atoms with van der Waals surface area (Å²) in [7, 11) is 0. The van der Waals surface area contributed by atoms with Crippen LogP contribution in [0, 0.1) is 0 Å². The van der Waals surface area contributed by atoms with Gasteiger partial charge in [-0.25, -0.2) is 0 Å². The molecule has 0 spiro atoms. The lowest BCUT2D eigenvalue weighted by Crippen LogP contribution is -2.17. The van der Waals surface area contributed by atoms with Crippen LogP contribution in [0.1, 0.15) is 44.2 Å². The van der Waals surface area contributed by atoms with Gasteiger partial charge in [-0.2, -0.15) is 0 Å². The number of primary amides is 1. The van der Waals surface area contributed by atoms with E-state index in [1.54, 1.807) is 36.4 Å². The van der Waals surface area contributed by atoms with Crippen LogP contribution >= 0.6 is 0 Å². The summed E-state index contributed by atoms with van der Waals surface area (Å²) < 4.78 is 11.4. The molecule has 1 heterocycles. The molecule has 0 bridgehead atoms. The second kappa shape index (κ2) is 7.60. The minimum atomic E-state index is -0.612. The highest BCUT2D eigenvalue weighted by Gasteiger charge is 2.16. The van der Waals surface area contributed by atoms with Crippen LogP contribution in [-0.4, -0.2) is 11.8 Å². The van der Waals surface area contributed by atoms with Gasteiger partial charge in [0, 0.05) is 0 Å². The Balaban J connectivity index is 1.40. The molecule has 1 aromatic heterocycles. The maximum absolute atomic E-state index is 12.4. The van der Waals surface area contributed by atoms with Crippen molar-refractivity contribution >= 4 is 17.5 Å². The summed E-state index contributed by atoms with van der Waals surface area (Å²) >= 11 is 0. The minimum absolute atomic E-state index is 0.131. The molecule has 3 N–H and O–H groups in total. The summed E-state index contributed by atoms with van der Waals surface area (Å²) in [5.41, 5.74) is 8.64. The number of nitrogens with two attached hydrogens (primary N) is 1. The highest BCUT2D eigenvalue weighted by atomic mass is 16.5. The van der Waals surface area contributed by atoms with Crippen LogP contribution in [0.15, 0.2) is 59.0 Å². The lowest BCUT2D eigenvalue weighted by molar-refractivity contribution is 0.0992. The van der Waals surface area contributed by atoms with E-state index in [1.165, 1.54) is 17.5 Å². The summed E-state index contributed by atoms with van der Waals surface area (Å²) in [5, 5.41) is 2.65. The fourth-order valence-corrected chi connectivity index (χ4v) is 3.36. The number of amides is 2. The highest BCUT2D eigenvalue weighted by molar-refractivity contribution is 6.07. The number of carbonyl (C=O) groups is 2. The topological polar surface area (TPSA) is 94.6 Å². The van der Waals surface area contributed by atoms with Crippen LogP contribution in [0.25, 0.3) is 0 Å². The zero-order valence-electron chi connectivity index (χ0n) is 15.2. The number of ether oxygens (including phenoxy) is 1. The largest absolute Gasteiger partial charge is 0.486 e. The van der Waals surface area contributed by atoms with E-state index < -0.39 is 11.8 Å². The van der Waals surface area contributed by atoms with E-state index in [0.29, 0.717) is 11.4 Å². The SMILES string of the molecule is NC(=O)c1ccccc1NC(=O)c1ccc(COc2ccc3c(c2)CCC3)o1. The Morgan fingerprint density at radius 1 is 1.04 bits per heavy atom. The number of nitrogens with one attached hydrogen (secondary N) is 1. The molecule has 0 unspecified atom stereocenters. The van der Waals surface area contributed by atoms with Crippen molar-refractivity contribution in [3.63, 3.8) is 0 Å².